The van der Waals surface area contributed by atoms with E-state index < -0.39 is 29.5 Å². The molecule has 3 aromatic carbocycles. The van der Waals surface area contributed by atoms with Gasteiger partial charge in [-0.2, -0.15) is 5.10 Å². The van der Waals surface area contributed by atoms with Crippen LogP contribution in [0.4, 0.5) is 8.78 Å². The molecule has 0 fully saturated rings. The number of nitrogens with zero attached hydrogens (tertiary/aromatic N) is 2. The van der Waals surface area contributed by atoms with Gasteiger partial charge in [0, 0.05) is 18.8 Å². The Labute approximate surface area is 188 Å². The first-order chi connectivity index (χ1) is 16.0. The van der Waals surface area contributed by atoms with Crippen molar-refractivity contribution in [2.24, 2.45) is 0 Å². The van der Waals surface area contributed by atoms with E-state index in [1.807, 2.05) is 60.7 Å². The second-order valence-electron chi connectivity index (χ2n) is 7.23. The zero-order valence-corrected chi connectivity index (χ0v) is 17.6. The summed E-state index contributed by atoms with van der Waals surface area (Å²) in [5.74, 6) is -3.32. The van der Waals surface area contributed by atoms with Crippen LogP contribution in [-0.2, 0) is 4.79 Å². The average molecular weight is 446 g/mol. The number of carbonyl (C=O) groups excluding carboxylic acids is 2. The van der Waals surface area contributed by atoms with Crippen molar-refractivity contribution in [2.45, 2.75) is 6.04 Å². The minimum Gasteiger partial charge on any atom is -0.357 e. The molecule has 166 valence electrons. The summed E-state index contributed by atoms with van der Waals surface area (Å²) in [7, 11) is 1.39. The van der Waals surface area contributed by atoms with Crippen molar-refractivity contribution in [2.75, 3.05) is 7.05 Å². The minimum absolute atomic E-state index is 0.110. The van der Waals surface area contributed by atoms with E-state index >= 15 is 0 Å². The van der Waals surface area contributed by atoms with Crippen molar-refractivity contribution in [3.63, 3.8) is 0 Å². The average Bonchev–Trinajstić information content (AvgIpc) is 3.31. The maximum absolute atomic E-state index is 13.8. The number of rotatable bonds is 6. The van der Waals surface area contributed by atoms with E-state index in [1.165, 1.54) is 13.1 Å². The molecule has 0 bridgehead atoms. The summed E-state index contributed by atoms with van der Waals surface area (Å²) in [5, 5.41) is 9.66. The van der Waals surface area contributed by atoms with Crippen LogP contribution in [0.5, 0.6) is 0 Å². The van der Waals surface area contributed by atoms with Gasteiger partial charge in [-0.05, 0) is 29.8 Å². The first kappa shape index (κ1) is 21.9. The summed E-state index contributed by atoms with van der Waals surface area (Å²) >= 11 is 0. The molecule has 6 nitrogen and oxygen atoms in total. The Kier molecular flexibility index (Phi) is 6.26. The maximum atomic E-state index is 13.8. The fourth-order valence-corrected chi connectivity index (χ4v) is 3.41. The second-order valence-corrected chi connectivity index (χ2v) is 7.23. The maximum Gasteiger partial charge on any atom is 0.256 e. The summed E-state index contributed by atoms with van der Waals surface area (Å²) < 4.78 is 28.8. The third kappa shape index (κ3) is 4.64. The normalized spacial score (nSPS) is 11.6. The predicted molar refractivity (Wildman–Crippen MR) is 120 cm³/mol. The molecule has 0 aliphatic carbocycles. The second kappa shape index (κ2) is 9.44. The van der Waals surface area contributed by atoms with Crippen LogP contribution in [0.25, 0.3) is 16.9 Å². The number of amides is 2. The third-order valence-electron chi connectivity index (χ3n) is 5.09. The molecule has 1 heterocycles. The highest BCUT2D eigenvalue weighted by molar-refractivity contribution is 6.02. The molecule has 8 heteroatoms. The molecule has 0 saturated carbocycles. The highest BCUT2D eigenvalue weighted by atomic mass is 19.2. The van der Waals surface area contributed by atoms with Crippen molar-refractivity contribution in [1.82, 2.24) is 20.4 Å². The molecule has 0 aliphatic heterocycles. The van der Waals surface area contributed by atoms with Gasteiger partial charge in [-0.1, -0.05) is 54.6 Å². The topological polar surface area (TPSA) is 76.0 Å². The Morgan fingerprint density at radius 1 is 0.909 bits per heavy atom. The van der Waals surface area contributed by atoms with E-state index in [0.717, 1.165) is 17.8 Å². The van der Waals surface area contributed by atoms with Gasteiger partial charge in [0.1, 0.15) is 11.7 Å². The van der Waals surface area contributed by atoms with Crippen LogP contribution in [0, 0.1) is 11.6 Å². The molecule has 33 heavy (non-hydrogen) atoms. The molecule has 2 N–H and O–H groups in total. The predicted octanol–water partition coefficient (Wildman–Crippen LogP) is 4.03. The molecule has 0 radical (unpaired) electrons. The first-order valence-electron chi connectivity index (χ1n) is 10.2. The van der Waals surface area contributed by atoms with Crippen molar-refractivity contribution in [1.29, 1.82) is 0 Å². The summed E-state index contributed by atoms with van der Waals surface area (Å²) in [6.45, 7) is 0. The fourth-order valence-electron chi connectivity index (χ4n) is 3.41. The highest BCUT2D eigenvalue weighted by Gasteiger charge is 2.26. The molecule has 1 unspecified atom stereocenters. The van der Waals surface area contributed by atoms with E-state index in [0.29, 0.717) is 11.3 Å². The van der Waals surface area contributed by atoms with Crippen LogP contribution in [0.3, 0.4) is 0 Å². The summed E-state index contributed by atoms with van der Waals surface area (Å²) in [4.78, 5) is 25.8. The Balaban J connectivity index is 1.74. The van der Waals surface area contributed by atoms with Crippen molar-refractivity contribution in [3.8, 4) is 16.9 Å². The summed E-state index contributed by atoms with van der Waals surface area (Å²) in [6, 6.07) is 20.2. The number of aromatic nitrogens is 2. The molecular formula is C25H20F2N4O2. The molecule has 0 aliphatic rings. The third-order valence-corrected chi connectivity index (χ3v) is 5.09. The smallest absolute Gasteiger partial charge is 0.256 e. The monoisotopic (exact) mass is 446 g/mol. The van der Waals surface area contributed by atoms with E-state index in [-0.39, 0.29) is 11.1 Å². The van der Waals surface area contributed by atoms with E-state index in [1.54, 1.807) is 10.9 Å². The van der Waals surface area contributed by atoms with Gasteiger partial charge in [0.15, 0.2) is 11.6 Å². The highest BCUT2D eigenvalue weighted by Crippen LogP contribution is 2.25. The van der Waals surface area contributed by atoms with Gasteiger partial charge in [0.25, 0.3) is 5.91 Å². The zero-order valence-electron chi connectivity index (χ0n) is 17.6. The first-order valence-corrected chi connectivity index (χ1v) is 10.2. The zero-order chi connectivity index (χ0) is 23.4. The Morgan fingerprint density at radius 3 is 2.21 bits per heavy atom. The van der Waals surface area contributed by atoms with Gasteiger partial charge in [-0.3, -0.25) is 9.59 Å². The number of hydrogen-bond acceptors (Lipinski definition) is 3. The quantitative estimate of drug-likeness (QED) is 0.470. The number of carbonyl (C=O) groups is 2. The molecular weight excluding hydrogens is 426 g/mol. The summed E-state index contributed by atoms with van der Waals surface area (Å²) in [5.41, 5.74) is 2.21. The van der Waals surface area contributed by atoms with Crippen LogP contribution in [0.2, 0.25) is 0 Å². The number of para-hydroxylation sites is 1. The van der Waals surface area contributed by atoms with Crippen molar-refractivity contribution >= 4 is 11.8 Å². The molecule has 1 aromatic heterocycles. The van der Waals surface area contributed by atoms with Gasteiger partial charge in [0.05, 0.1) is 11.3 Å². The number of nitrogens with one attached hydrogen (secondary N) is 2. The fraction of sp³-hybridized carbons (Fsp3) is 0.0800. The van der Waals surface area contributed by atoms with Gasteiger partial charge < -0.3 is 10.6 Å². The van der Waals surface area contributed by atoms with Gasteiger partial charge in [-0.25, -0.2) is 13.5 Å². The standard InChI is InChI=1S/C25H20F2N4O2/c1-28-25(33)23(17-12-13-20(26)21(27)14-17)29-24(32)19-15-31(18-10-6-3-7-11-18)30-22(19)16-8-4-2-5-9-16/h2-15,23H,1H3,(H,28,33)(H,29,32). The van der Waals surface area contributed by atoms with Crippen molar-refractivity contribution in [3.05, 3.63) is 108 Å². The molecule has 0 saturated heterocycles. The van der Waals surface area contributed by atoms with E-state index in [9.17, 15) is 18.4 Å². The lowest BCUT2D eigenvalue weighted by molar-refractivity contribution is -0.122. The van der Waals surface area contributed by atoms with Gasteiger partial charge in [-0.15, -0.1) is 0 Å². The SMILES string of the molecule is CNC(=O)C(NC(=O)c1cn(-c2ccccc2)nc1-c1ccccc1)c1ccc(F)c(F)c1. The number of hydrogen-bond donors (Lipinski definition) is 2. The Hall–Kier alpha value is -4.33. The van der Waals surface area contributed by atoms with Crippen LogP contribution < -0.4 is 10.6 Å². The van der Waals surface area contributed by atoms with Gasteiger partial charge in [0.2, 0.25) is 5.91 Å². The van der Waals surface area contributed by atoms with Crippen LogP contribution in [0.1, 0.15) is 22.0 Å². The number of likely N-dealkylation sites (N-methyl/N-ethyl adjacent to an activating group) is 1. The lowest BCUT2D eigenvalue weighted by Gasteiger charge is -2.18. The van der Waals surface area contributed by atoms with Gasteiger partial charge >= 0.3 is 0 Å². The summed E-state index contributed by atoms with van der Waals surface area (Å²) in [6.07, 6.45) is 1.57. The van der Waals surface area contributed by atoms with Crippen LogP contribution in [-0.4, -0.2) is 28.6 Å². The minimum atomic E-state index is -1.23. The molecule has 4 aromatic rings. The largest absolute Gasteiger partial charge is 0.357 e. The number of benzene rings is 3. The van der Waals surface area contributed by atoms with Crippen LogP contribution in [0.15, 0.2) is 85.1 Å². The van der Waals surface area contributed by atoms with E-state index in [2.05, 4.69) is 15.7 Å². The molecule has 0 spiro atoms. The molecule has 1 atom stereocenters. The molecule has 2 amide bonds. The van der Waals surface area contributed by atoms with E-state index in [4.69, 9.17) is 0 Å². The van der Waals surface area contributed by atoms with Crippen LogP contribution >= 0.6 is 0 Å². The van der Waals surface area contributed by atoms with Crippen molar-refractivity contribution < 1.29 is 18.4 Å². The Bertz CT molecular complexity index is 1290. The Morgan fingerprint density at radius 2 is 1.58 bits per heavy atom. The number of halogens is 2. The lowest BCUT2D eigenvalue weighted by Crippen LogP contribution is -2.39. The lowest BCUT2D eigenvalue weighted by atomic mass is 10.0. The molecule has 4 rings (SSSR count).